The number of amides is 1. The minimum Gasteiger partial charge on any atom is -0.508 e. The van der Waals surface area contributed by atoms with Gasteiger partial charge in [-0.3, -0.25) is 14.8 Å². The second-order valence-corrected chi connectivity index (χ2v) is 10.4. The number of nitrogens with zero attached hydrogens (tertiary/aromatic N) is 1. The molecule has 5 aromatic rings. The molecule has 0 aliphatic heterocycles. The number of aryl methyl sites for hydroxylation is 1. The number of rotatable bonds is 10. The molecule has 0 saturated carbocycles. The van der Waals surface area contributed by atoms with Crippen LogP contribution in [0.2, 0.25) is 0 Å². The molecule has 0 aliphatic rings. The van der Waals surface area contributed by atoms with Gasteiger partial charge in [-0.05, 0) is 78.5 Å². The molecule has 0 radical (unpaired) electrons. The zero-order valence-electron chi connectivity index (χ0n) is 21.3. The highest BCUT2D eigenvalue weighted by molar-refractivity contribution is 7.17. The van der Waals surface area contributed by atoms with Gasteiger partial charge in [0.2, 0.25) is 11.7 Å². The molecule has 5 N–H and O–H groups in total. The van der Waals surface area contributed by atoms with Gasteiger partial charge in [-0.2, -0.15) is 0 Å². The summed E-state index contributed by atoms with van der Waals surface area (Å²) in [5.74, 6) is -0.593. The number of hydrogen-bond acceptors (Lipinski definition) is 6. The van der Waals surface area contributed by atoms with Gasteiger partial charge in [-0.1, -0.05) is 42.5 Å². The lowest BCUT2D eigenvalue weighted by Gasteiger charge is -2.11. The Morgan fingerprint density at radius 1 is 0.897 bits per heavy atom. The van der Waals surface area contributed by atoms with Crippen LogP contribution in [0.25, 0.3) is 32.6 Å². The highest BCUT2D eigenvalue weighted by Crippen LogP contribution is 2.36. The van der Waals surface area contributed by atoms with Crippen LogP contribution in [0.1, 0.15) is 33.6 Å². The smallest absolute Gasteiger partial charge is 0.247 e. The number of aromatic nitrogens is 1. The predicted molar refractivity (Wildman–Crippen MR) is 154 cm³/mol. The number of nitrogens with two attached hydrogens (primary N) is 1. The molecule has 8 heteroatoms. The van der Waals surface area contributed by atoms with E-state index < -0.39 is 5.91 Å². The number of carbonyl (C=O) groups excluding carboxylic acids is 2. The van der Waals surface area contributed by atoms with Gasteiger partial charge in [0.25, 0.3) is 0 Å². The van der Waals surface area contributed by atoms with Crippen molar-refractivity contribution in [2.75, 3.05) is 6.54 Å². The summed E-state index contributed by atoms with van der Waals surface area (Å²) in [6, 6.07) is 26.4. The van der Waals surface area contributed by atoms with Gasteiger partial charge in [0.15, 0.2) is 0 Å². The van der Waals surface area contributed by atoms with Gasteiger partial charge in [-0.25, -0.2) is 5.48 Å². The van der Waals surface area contributed by atoms with Crippen LogP contribution in [-0.4, -0.2) is 33.1 Å². The molecule has 2 aromatic heterocycles. The molecule has 2 heterocycles. The van der Waals surface area contributed by atoms with Crippen molar-refractivity contribution >= 4 is 33.9 Å². The summed E-state index contributed by atoms with van der Waals surface area (Å²) in [6.07, 6.45) is 1.75. The monoisotopic (exact) mass is 539 g/mol. The summed E-state index contributed by atoms with van der Waals surface area (Å²) in [7, 11) is 0. The molecule has 7 nitrogen and oxygen atoms in total. The lowest BCUT2D eigenvalue weighted by molar-refractivity contribution is -0.128. The van der Waals surface area contributed by atoms with E-state index in [2.05, 4.69) is 22.8 Å². The summed E-state index contributed by atoms with van der Waals surface area (Å²) in [6.45, 7) is 1.41. The van der Waals surface area contributed by atoms with E-state index in [9.17, 15) is 14.7 Å². The van der Waals surface area contributed by atoms with Crippen LogP contribution in [0.15, 0.2) is 84.9 Å². The van der Waals surface area contributed by atoms with E-state index in [0.29, 0.717) is 22.5 Å². The highest BCUT2D eigenvalue weighted by atomic mass is 32.1. The second-order valence-electron chi connectivity index (χ2n) is 9.37. The fourth-order valence-corrected chi connectivity index (χ4v) is 5.93. The molecule has 3 aromatic carbocycles. The molecule has 0 spiro atoms. The van der Waals surface area contributed by atoms with Crippen LogP contribution in [0.4, 0.5) is 0 Å². The van der Waals surface area contributed by atoms with Gasteiger partial charge in [0.05, 0.1) is 11.3 Å². The number of phenols is 1. The number of hydroxylamine groups is 1. The highest BCUT2D eigenvalue weighted by Gasteiger charge is 2.20. The molecule has 0 fully saturated rings. The first-order valence-electron chi connectivity index (χ1n) is 12.8. The van der Waals surface area contributed by atoms with E-state index in [1.54, 1.807) is 35.8 Å². The number of aromatic hydroxyl groups is 1. The Balaban J connectivity index is 1.56. The molecule has 5 rings (SSSR count). The number of fused-ring (bicyclic) bond motifs is 1. The lowest BCUT2D eigenvalue weighted by atomic mass is 10.0. The SMILES string of the molecule is NCCCCn1c(-c2ccccc2)cc2ccc(C(=O)c3cc(CC(=O)NO)c(-c4ccc(O)cc4)s3)cc21. The van der Waals surface area contributed by atoms with Crippen molar-refractivity contribution in [3.8, 4) is 27.4 Å². The third-order valence-electron chi connectivity index (χ3n) is 6.71. The fourth-order valence-electron chi connectivity index (χ4n) is 4.78. The first-order chi connectivity index (χ1) is 19.0. The molecular formula is C31H29N3O4S. The molecule has 0 bridgehead atoms. The van der Waals surface area contributed by atoms with Gasteiger partial charge >= 0.3 is 0 Å². The Hall–Kier alpha value is -4.24. The largest absolute Gasteiger partial charge is 0.508 e. The predicted octanol–water partition coefficient (Wildman–Crippen LogP) is 5.76. The minimum atomic E-state index is -0.572. The molecule has 0 saturated heterocycles. The van der Waals surface area contributed by atoms with E-state index >= 15 is 0 Å². The van der Waals surface area contributed by atoms with Crippen LogP contribution in [0.3, 0.4) is 0 Å². The molecular weight excluding hydrogens is 510 g/mol. The zero-order chi connectivity index (χ0) is 27.4. The molecule has 0 aliphatic carbocycles. The minimum absolute atomic E-state index is 0.0834. The van der Waals surface area contributed by atoms with Gasteiger partial charge in [0, 0.05) is 33.6 Å². The first kappa shape index (κ1) is 26.4. The fraction of sp³-hybridized carbons (Fsp3) is 0.161. The lowest BCUT2D eigenvalue weighted by Crippen LogP contribution is -2.20. The standard InChI is InChI=1S/C31H29N3O4S/c32-14-4-5-15-34-26(20-6-2-1-3-7-20)16-22-8-9-23(17-27(22)34)30(37)28-18-24(19-29(36)33-38)31(39-28)21-10-12-25(35)13-11-21/h1-3,6-13,16-18,35,38H,4-5,14-15,19,32H2,(H,33,36). The molecule has 198 valence electrons. The van der Waals surface area contributed by atoms with E-state index in [1.807, 2.05) is 36.4 Å². The Morgan fingerprint density at radius 3 is 2.38 bits per heavy atom. The quantitative estimate of drug-likeness (QED) is 0.0779. The van der Waals surface area contributed by atoms with Crippen molar-refractivity contribution in [2.24, 2.45) is 5.73 Å². The Labute approximate surface area is 230 Å². The second kappa shape index (κ2) is 11.7. The van der Waals surface area contributed by atoms with E-state index in [1.165, 1.54) is 11.3 Å². The normalized spacial score (nSPS) is 11.1. The van der Waals surface area contributed by atoms with E-state index in [-0.39, 0.29) is 18.0 Å². The topological polar surface area (TPSA) is 118 Å². The number of benzene rings is 3. The number of hydrogen-bond donors (Lipinski definition) is 4. The van der Waals surface area contributed by atoms with Crippen LogP contribution in [-0.2, 0) is 17.8 Å². The molecule has 39 heavy (non-hydrogen) atoms. The van der Waals surface area contributed by atoms with Gasteiger partial charge < -0.3 is 15.4 Å². The summed E-state index contributed by atoms with van der Waals surface area (Å²) in [5.41, 5.74) is 12.6. The van der Waals surface area contributed by atoms with Crippen molar-refractivity contribution in [2.45, 2.75) is 25.8 Å². The van der Waals surface area contributed by atoms with Gasteiger partial charge in [0.1, 0.15) is 5.75 Å². The molecule has 0 unspecified atom stereocenters. The number of thiophene rings is 1. The summed E-state index contributed by atoms with van der Waals surface area (Å²) < 4.78 is 2.25. The summed E-state index contributed by atoms with van der Waals surface area (Å²) in [4.78, 5) is 27.0. The third-order valence-corrected chi connectivity index (χ3v) is 7.94. The average molecular weight is 540 g/mol. The Bertz CT molecular complexity index is 1620. The van der Waals surface area contributed by atoms with E-state index in [4.69, 9.17) is 10.9 Å². The number of carbonyl (C=O) groups is 2. The maximum atomic E-state index is 13.7. The maximum Gasteiger partial charge on any atom is 0.247 e. The summed E-state index contributed by atoms with van der Waals surface area (Å²) in [5, 5.41) is 19.8. The molecule has 1 amide bonds. The maximum absolute atomic E-state index is 13.7. The third kappa shape index (κ3) is 5.63. The Morgan fingerprint density at radius 2 is 1.67 bits per heavy atom. The van der Waals surface area contributed by atoms with Crippen LogP contribution < -0.4 is 11.2 Å². The van der Waals surface area contributed by atoms with Crippen molar-refractivity contribution < 1.29 is 19.9 Å². The molecule has 0 atom stereocenters. The zero-order valence-corrected chi connectivity index (χ0v) is 22.1. The number of phenolic OH excluding ortho intramolecular Hbond substituents is 1. The van der Waals surface area contributed by atoms with Crippen LogP contribution in [0.5, 0.6) is 5.75 Å². The van der Waals surface area contributed by atoms with Crippen molar-refractivity contribution in [3.63, 3.8) is 0 Å². The van der Waals surface area contributed by atoms with Gasteiger partial charge in [-0.15, -0.1) is 11.3 Å². The van der Waals surface area contributed by atoms with Crippen molar-refractivity contribution in [1.82, 2.24) is 10.0 Å². The van der Waals surface area contributed by atoms with Crippen molar-refractivity contribution in [3.05, 3.63) is 101 Å². The summed E-state index contributed by atoms with van der Waals surface area (Å²) >= 11 is 1.29. The average Bonchev–Trinajstić information content (AvgIpc) is 3.55. The number of ketones is 1. The van der Waals surface area contributed by atoms with Crippen LogP contribution in [0, 0.1) is 0 Å². The van der Waals surface area contributed by atoms with Crippen LogP contribution >= 0.6 is 11.3 Å². The number of nitrogens with one attached hydrogen (secondary N) is 1. The Kier molecular flexibility index (Phi) is 7.88. The number of unbranched alkanes of at least 4 members (excludes halogenated alkanes) is 1. The first-order valence-corrected chi connectivity index (χ1v) is 13.6. The van der Waals surface area contributed by atoms with E-state index in [0.717, 1.165) is 52.0 Å². The van der Waals surface area contributed by atoms with Crippen molar-refractivity contribution in [1.29, 1.82) is 0 Å².